The van der Waals surface area contributed by atoms with E-state index < -0.39 is 12.1 Å². The molecule has 0 aliphatic heterocycles. The first kappa shape index (κ1) is 16.5. The van der Waals surface area contributed by atoms with E-state index in [0.717, 1.165) is 11.3 Å². The van der Waals surface area contributed by atoms with Gasteiger partial charge >= 0.3 is 5.97 Å². The lowest BCUT2D eigenvalue weighted by molar-refractivity contribution is -0.145. The van der Waals surface area contributed by atoms with Gasteiger partial charge in [-0.2, -0.15) is 0 Å². The Morgan fingerprint density at radius 2 is 2.20 bits per heavy atom. The van der Waals surface area contributed by atoms with Gasteiger partial charge in [0, 0.05) is 6.54 Å². The van der Waals surface area contributed by atoms with Gasteiger partial charge < -0.3 is 19.9 Å². The predicted octanol–water partition coefficient (Wildman–Crippen LogP) is 1.28. The minimum absolute atomic E-state index is 0.173. The zero-order valence-corrected chi connectivity index (χ0v) is 12.3. The minimum atomic E-state index is -0.688. The molecule has 0 aromatic heterocycles. The summed E-state index contributed by atoms with van der Waals surface area (Å²) in [4.78, 5) is 11.4. The first-order valence-corrected chi connectivity index (χ1v) is 6.80. The highest BCUT2D eigenvalue weighted by Gasteiger charge is 2.15. The maximum Gasteiger partial charge on any atom is 0.322 e. The molecule has 0 amide bonds. The van der Waals surface area contributed by atoms with Crippen molar-refractivity contribution in [1.82, 2.24) is 5.32 Å². The summed E-state index contributed by atoms with van der Waals surface area (Å²) in [7, 11) is 0. The van der Waals surface area contributed by atoms with Gasteiger partial charge in [-0.25, -0.2) is 0 Å². The molecule has 1 aromatic carbocycles. The second-order valence-corrected chi connectivity index (χ2v) is 4.66. The lowest BCUT2D eigenvalue weighted by Crippen LogP contribution is -2.41. The average Bonchev–Trinajstić information content (AvgIpc) is 2.42. The Morgan fingerprint density at radius 1 is 1.45 bits per heavy atom. The third-order valence-electron chi connectivity index (χ3n) is 2.73. The summed E-state index contributed by atoms with van der Waals surface area (Å²) in [6, 6.07) is 7.18. The standard InChI is InChI=1S/C15H23NO4/c1-4-19-15(18)12(3)16-9-13(17)10-20-14-7-5-6-11(2)8-14/h5-8,12-13,16-17H,4,9-10H2,1-3H3. The zero-order valence-electron chi connectivity index (χ0n) is 12.3. The van der Waals surface area contributed by atoms with Crippen molar-refractivity contribution in [3.63, 3.8) is 0 Å². The van der Waals surface area contributed by atoms with Crippen LogP contribution in [0.2, 0.25) is 0 Å². The van der Waals surface area contributed by atoms with E-state index >= 15 is 0 Å². The van der Waals surface area contributed by atoms with Gasteiger partial charge in [0.2, 0.25) is 0 Å². The molecule has 1 aromatic rings. The van der Waals surface area contributed by atoms with Crippen molar-refractivity contribution in [3.8, 4) is 5.75 Å². The van der Waals surface area contributed by atoms with Crippen molar-refractivity contribution in [3.05, 3.63) is 29.8 Å². The van der Waals surface area contributed by atoms with E-state index in [2.05, 4.69) is 5.32 Å². The molecule has 5 heteroatoms. The van der Waals surface area contributed by atoms with Crippen LogP contribution >= 0.6 is 0 Å². The van der Waals surface area contributed by atoms with Gasteiger partial charge in [-0.15, -0.1) is 0 Å². The molecular weight excluding hydrogens is 258 g/mol. The highest BCUT2D eigenvalue weighted by atomic mass is 16.5. The number of hydrogen-bond donors (Lipinski definition) is 2. The fraction of sp³-hybridized carbons (Fsp3) is 0.533. The number of benzene rings is 1. The quantitative estimate of drug-likeness (QED) is 0.703. The fourth-order valence-electron chi connectivity index (χ4n) is 1.62. The molecule has 2 N–H and O–H groups in total. The molecule has 112 valence electrons. The Bertz CT molecular complexity index is 422. The maximum atomic E-state index is 11.4. The number of rotatable bonds is 8. The molecule has 1 rings (SSSR count). The van der Waals surface area contributed by atoms with Crippen LogP contribution in [0.25, 0.3) is 0 Å². The predicted molar refractivity (Wildman–Crippen MR) is 76.8 cm³/mol. The average molecular weight is 281 g/mol. The highest BCUT2D eigenvalue weighted by Crippen LogP contribution is 2.12. The summed E-state index contributed by atoms with van der Waals surface area (Å²) in [5.41, 5.74) is 1.10. The van der Waals surface area contributed by atoms with Gasteiger partial charge in [-0.3, -0.25) is 4.79 Å². The van der Waals surface area contributed by atoms with Crippen molar-refractivity contribution >= 4 is 5.97 Å². The first-order chi connectivity index (χ1) is 9.52. The Balaban J connectivity index is 2.26. The number of aryl methyl sites for hydroxylation is 1. The molecule has 0 radical (unpaired) electrons. The summed E-state index contributed by atoms with van der Waals surface area (Å²) < 4.78 is 10.3. The number of carbonyl (C=O) groups excluding carboxylic acids is 1. The summed E-state index contributed by atoms with van der Waals surface area (Å²) in [6.07, 6.45) is -0.688. The summed E-state index contributed by atoms with van der Waals surface area (Å²) in [5.74, 6) is 0.404. The van der Waals surface area contributed by atoms with E-state index in [1.807, 2.05) is 31.2 Å². The van der Waals surface area contributed by atoms with Crippen molar-refractivity contribution in [2.75, 3.05) is 19.8 Å². The number of carbonyl (C=O) groups is 1. The normalized spacial score (nSPS) is 13.6. The van der Waals surface area contributed by atoms with Gasteiger partial charge in [-0.1, -0.05) is 12.1 Å². The first-order valence-electron chi connectivity index (χ1n) is 6.80. The molecule has 20 heavy (non-hydrogen) atoms. The van der Waals surface area contributed by atoms with E-state index in [0.29, 0.717) is 6.61 Å². The number of ether oxygens (including phenoxy) is 2. The SMILES string of the molecule is CCOC(=O)C(C)NCC(O)COc1cccc(C)c1. The molecular formula is C15H23NO4. The monoisotopic (exact) mass is 281 g/mol. The lowest BCUT2D eigenvalue weighted by atomic mass is 10.2. The Morgan fingerprint density at radius 3 is 2.85 bits per heavy atom. The smallest absolute Gasteiger partial charge is 0.322 e. The maximum absolute atomic E-state index is 11.4. The van der Waals surface area contributed by atoms with Crippen molar-refractivity contribution in [1.29, 1.82) is 0 Å². The van der Waals surface area contributed by atoms with Gasteiger partial charge in [0.05, 0.1) is 6.61 Å². The molecule has 0 spiro atoms. The van der Waals surface area contributed by atoms with Gasteiger partial charge in [0.15, 0.2) is 0 Å². The number of aliphatic hydroxyl groups is 1. The lowest BCUT2D eigenvalue weighted by Gasteiger charge is -2.16. The van der Waals surface area contributed by atoms with Crippen LogP contribution in [0.1, 0.15) is 19.4 Å². The zero-order chi connectivity index (χ0) is 15.0. The van der Waals surface area contributed by atoms with Crippen molar-refractivity contribution in [2.24, 2.45) is 0 Å². The molecule has 0 saturated heterocycles. The van der Waals surface area contributed by atoms with Crippen molar-refractivity contribution < 1.29 is 19.4 Å². The number of esters is 1. The van der Waals surface area contributed by atoms with Gasteiger partial charge in [0.1, 0.15) is 24.5 Å². The van der Waals surface area contributed by atoms with Crippen LogP contribution < -0.4 is 10.1 Å². The number of aliphatic hydroxyl groups excluding tert-OH is 1. The molecule has 0 saturated carbocycles. The van der Waals surface area contributed by atoms with Crippen LogP contribution in [-0.2, 0) is 9.53 Å². The Labute approximate surface area is 119 Å². The van der Waals surface area contributed by atoms with Crippen LogP contribution in [0.4, 0.5) is 0 Å². The Hall–Kier alpha value is -1.59. The summed E-state index contributed by atoms with van der Waals surface area (Å²) >= 11 is 0. The number of hydrogen-bond acceptors (Lipinski definition) is 5. The molecule has 2 atom stereocenters. The van der Waals surface area contributed by atoms with Crippen molar-refractivity contribution in [2.45, 2.75) is 32.9 Å². The Kier molecular flexibility index (Phi) is 7.04. The van der Waals surface area contributed by atoms with E-state index in [-0.39, 0.29) is 19.1 Å². The van der Waals surface area contributed by atoms with Crippen LogP contribution in [0.5, 0.6) is 5.75 Å². The second-order valence-electron chi connectivity index (χ2n) is 4.66. The van der Waals surface area contributed by atoms with E-state index in [1.54, 1.807) is 13.8 Å². The van der Waals surface area contributed by atoms with E-state index in [4.69, 9.17) is 9.47 Å². The van der Waals surface area contributed by atoms with Crippen LogP contribution in [-0.4, -0.2) is 43.0 Å². The summed E-state index contributed by atoms with van der Waals surface area (Å²) in [6.45, 7) is 6.23. The topological polar surface area (TPSA) is 67.8 Å². The highest BCUT2D eigenvalue weighted by molar-refractivity contribution is 5.75. The van der Waals surface area contributed by atoms with Crippen LogP contribution in [0.15, 0.2) is 24.3 Å². The third kappa shape index (κ3) is 6.04. The second kappa shape index (κ2) is 8.55. The molecule has 0 aliphatic carbocycles. The van der Waals surface area contributed by atoms with Gasteiger partial charge in [0.25, 0.3) is 0 Å². The molecule has 0 aliphatic rings. The van der Waals surface area contributed by atoms with Crippen LogP contribution in [0, 0.1) is 6.92 Å². The van der Waals surface area contributed by atoms with E-state index in [1.165, 1.54) is 0 Å². The van der Waals surface area contributed by atoms with Crippen LogP contribution in [0.3, 0.4) is 0 Å². The molecule has 0 bridgehead atoms. The fourth-order valence-corrected chi connectivity index (χ4v) is 1.62. The van der Waals surface area contributed by atoms with Gasteiger partial charge in [-0.05, 0) is 38.5 Å². The molecule has 0 fully saturated rings. The molecule has 5 nitrogen and oxygen atoms in total. The third-order valence-corrected chi connectivity index (χ3v) is 2.73. The molecule has 0 heterocycles. The largest absolute Gasteiger partial charge is 0.491 e. The number of nitrogens with one attached hydrogen (secondary N) is 1. The minimum Gasteiger partial charge on any atom is -0.491 e. The summed E-state index contributed by atoms with van der Waals surface area (Å²) in [5, 5.41) is 12.7. The van der Waals surface area contributed by atoms with E-state index in [9.17, 15) is 9.90 Å². The molecule has 2 unspecified atom stereocenters.